The van der Waals surface area contributed by atoms with Gasteiger partial charge in [0.2, 0.25) is 10.0 Å². The summed E-state index contributed by atoms with van der Waals surface area (Å²) in [4.78, 5) is 12.3. The van der Waals surface area contributed by atoms with E-state index in [0.29, 0.717) is 23.1 Å². The van der Waals surface area contributed by atoms with Gasteiger partial charge in [0.1, 0.15) is 0 Å². The predicted octanol–water partition coefficient (Wildman–Crippen LogP) is 1.81. The molecule has 1 atom stereocenters. The highest BCUT2D eigenvalue weighted by Gasteiger charge is 2.18. The third kappa shape index (κ3) is 5.93. The number of benzene rings is 1. The topological polar surface area (TPSA) is 99.3 Å². The second-order valence-corrected chi connectivity index (χ2v) is 8.61. The molecule has 1 saturated carbocycles. The van der Waals surface area contributed by atoms with E-state index in [2.05, 4.69) is 20.9 Å². The molecule has 4 N–H and O–H groups in total. The van der Waals surface area contributed by atoms with Crippen molar-refractivity contribution in [3.8, 4) is 0 Å². The van der Waals surface area contributed by atoms with Gasteiger partial charge in [-0.2, -0.15) is 0 Å². The van der Waals surface area contributed by atoms with E-state index in [4.69, 9.17) is 12.2 Å². The maximum Gasteiger partial charge on any atom is 0.269 e. The largest absolute Gasteiger partial charge is 0.359 e. The minimum Gasteiger partial charge on any atom is -0.359 e. The molecule has 1 aliphatic carbocycles. The van der Waals surface area contributed by atoms with Crippen LogP contribution in [-0.2, 0) is 10.0 Å². The van der Waals surface area contributed by atoms with Crippen molar-refractivity contribution in [1.82, 2.24) is 20.9 Å². The van der Waals surface area contributed by atoms with Gasteiger partial charge in [-0.05, 0) is 62.7 Å². The summed E-state index contributed by atoms with van der Waals surface area (Å²) in [5.74, 6) is -0.389. The third-order valence-corrected chi connectivity index (χ3v) is 6.20. The number of carbonyl (C=O) groups excluding carboxylic acids is 1. The van der Waals surface area contributed by atoms with E-state index in [1.54, 1.807) is 6.92 Å². The molecule has 144 valence electrons. The number of hydrazine groups is 1. The Hall–Kier alpha value is -1.71. The number of sulfonamides is 1. The van der Waals surface area contributed by atoms with Gasteiger partial charge in [-0.3, -0.25) is 15.6 Å². The highest BCUT2D eigenvalue weighted by atomic mass is 32.2. The summed E-state index contributed by atoms with van der Waals surface area (Å²) in [5, 5.41) is 3.53. The lowest BCUT2D eigenvalue weighted by molar-refractivity contribution is 0.0943. The zero-order valence-corrected chi connectivity index (χ0v) is 16.7. The molecule has 1 aromatic rings. The van der Waals surface area contributed by atoms with Gasteiger partial charge in [0, 0.05) is 17.6 Å². The fourth-order valence-corrected chi connectivity index (χ4v) is 4.22. The lowest BCUT2D eigenvalue weighted by Crippen LogP contribution is -2.49. The first-order valence-corrected chi connectivity index (χ1v) is 10.7. The first-order valence-electron chi connectivity index (χ1n) is 8.81. The molecule has 0 aliphatic heterocycles. The number of thiocarbonyl (C=S) groups is 1. The summed E-state index contributed by atoms with van der Waals surface area (Å²) in [6, 6.07) is 5.96. The number of nitrogens with one attached hydrogen (secondary N) is 4. The molecule has 1 aliphatic rings. The van der Waals surface area contributed by atoms with Crippen LogP contribution in [0.15, 0.2) is 29.2 Å². The molecule has 9 heteroatoms. The molecule has 1 aromatic carbocycles. The van der Waals surface area contributed by atoms with Crippen LogP contribution in [0, 0.1) is 0 Å². The second kappa shape index (κ2) is 9.29. The molecular formula is C17H26N4O3S2. The van der Waals surface area contributed by atoms with Gasteiger partial charge in [-0.1, -0.05) is 19.8 Å². The van der Waals surface area contributed by atoms with E-state index in [9.17, 15) is 13.2 Å². The standard InChI is InChI=1S/C17H26N4O3S2/c1-3-12(2)21-26(23,24)15-10-8-13(9-11-15)16(22)19-20-17(25)18-14-6-4-5-7-14/h8-12,14,21H,3-7H2,1-2H3,(H,19,22)(H2,18,20,25)/t12-/m0/s1. The minimum absolute atomic E-state index is 0.126. The van der Waals surface area contributed by atoms with Gasteiger partial charge >= 0.3 is 0 Å². The van der Waals surface area contributed by atoms with Crippen molar-refractivity contribution in [3.63, 3.8) is 0 Å². The smallest absolute Gasteiger partial charge is 0.269 e. The highest BCUT2D eigenvalue weighted by molar-refractivity contribution is 7.89. The summed E-state index contributed by atoms with van der Waals surface area (Å²) < 4.78 is 27.0. The number of hydrogen-bond donors (Lipinski definition) is 4. The van der Waals surface area contributed by atoms with Crippen molar-refractivity contribution in [2.75, 3.05) is 0 Å². The SMILES string of the molecule is CC[C@H](C)NS(=O)(=O)c1ccc(C(=O)NNC(=S)NC2CCCC2)cc1. The Morgan fingerprint density at radius 1 is 1.19 bits per heavy atom. The Labute approximate surface area is 160 Å². The first-order chi connectivity index (χ1) is 12.3. The fraction of sp³-hybridized carbons (Fsp3) is 0.529. The van der Waals surface area contributed by atoms with Crippen molar-refractivity contribution in [3.05, 3.63) is 29.8 Å². The highest BCUT2D eigenvalue weighted by Crippen LogP contribution is 2.17. The minimum atomic E-state index is -3.58. The molecule has 1 fully saturated rings. The predicted molar refractivity (Wildman–Crippen MR) is 105 cm³/mol. The molecule has 0 aromatic heterocycles. The zero-order valence-electron chi connectivity index (χ0n) is 15.0. The Balaban J connectivity index is 1.88. The number of amides is 1. The monoisotopic (exact) mass is 398 g/mol. The third-order valence-electron chi connectivity index (χ3n) is 4.38. The first kappa shape index (κ1) is 20.6. The van der Waals surface area contributed by atoms with Gasteiger partial charge < -0.3 is 5.32 Å². The van der Waals surface area contributed by atoms with Gasteiger partial charge in [0.15, 0.2) is 5.11 Å². The van der Waals surface area contributed by atoms with Crippen LogP contribution < -0.4 is 20.9 Å². The van der Waals surface area contributed by atoms with Crippen LogP contribution in [0.4, 0.5) is 0 Å². The van der Waals surface area contributed by atoms with E-state index >= 15 is 0 Å². The Kier molecular flexibility index (Phi) is 7.36. The summed E-state index contributed by atoms with van der Waals surface area (Å²) in [7, 11) is -3.58. The molecule has 0 radical (unpaired) electrons. The normalized spacial score (nSPS) is 16.1. The number of carbonyl (C=O) groups is 1. The van der Waals surface area contributed by atoms with Crippen LogP contribution in [0.3, 0.4) is 0 Å². The molecule has 7 nitrogen and oxygen atoms in total. The van der Waals surface area contributed by atoms with E-state index in [0.717, 1.165) is 12.8 Å². The van der Waals surface area contributed by atoms with Crippen LogP contribution in [0.2, 0.25) is 0 Å². The van der Waals surface area contributed by atoms with Crippen molar-refractivity contribution in [1.29, 1.82) is 0 Å². The van der Waals surface area contributed by atoms with Gasteiger partial charge in [-0.25, -0.2) is 13.1 Å². The van der Waals surface area contributed by atoms with Gasteiger partial charge in [0.05, 0.1) is 4.90 Å². The lowest BCUT2D eigenvalue weighted by Gasteiger charge is -2.16. The van der Waals surface area contributed by atoms with E-state index < -0.39 is 10.0 Å². The van der Waals surface area contributed by atoms with Crippen LogP contribution in [0.1, 0.15) is 56.3 Å². The van der Waals surface area contributed by atoms with Crippen molar-refractivity contribution in [2.24, 2.45) is 0 Å². The molecule has 0 saturated heterocycles. The van der Waals surface area contributed by atoms with Crippen LogP contribution in [-0.4, -0.2) is 31.5 Å². The van der Waals surface area contributed by atoms with Crippen molar-refractivity contribution < 1.29 is 13.2 Å². The van der Waals surface area contributed by atoms with Crippen LogP contribution in [0.25, 0.3) is 0 Å². The number of hydrogen-bond acceptors (Lipinski definition) is 4. The molecule has 0 spiro atoms. The summed E-state index contributed by atoms with van der Waals surface area (Å²) in [6.45, 7) is 3.70. The second-order valence-electron chi connectivity index (χ2n) is 6.49. The Bertz CT molecular complexity index is 729. The average molecular weight is 399 g/mol. The maximum absolute atomic E-state index is 12.2. The zero-order chi connectivity index (χ0) is 19.2. The number of rotatable bonds is 6. The fourth-order valence-electron chi connectivity index (χ4n) is 2.68. The van der Waals surface area contributed by atoms with Crippen LogP contribution in [0.5, 0.6) is 0 Å². The molecule has 0 unspecified atom stereocenters. The van der Waals surface area contributed by atoms with E-state index in [-0.39, 0.29) is 16.8 Å². The Morgan fingerprint density at radius 2 is 1.81 bits per heavy atom. The summed E-state index contributed by atoms with van der Waals surface area (Å²) in [5.41, 5.74) is 5.53. The van der Waals surface area contributed by atoms with E-state index in [1.165, 1.54) is 37.1 Å². The molecule has 1 amide bonds. The molecule has 2 rings (SSSR count). The molecular weight excluding hydrogens is 372 g/mol. The summed E-state index contributed by atoms with van der Waals surface area (Å²) >= 11 is 5.16. The van der Waals surface area contributed by atoms with E-state index in [1.807, 2.05) is 6.92 Å². The lowest BCUT2D eigenvalue weighted by atomic mass is 10.2. The average Bonchev–Trinajstić information content (AvgIpc) is 3.12. The Morgan fingerprint density at radius 3 is 2.38 bits per heavy atom. The maximum atomic E-state index is 12.2. The van der Waals surface area contributed by atoms with Gasteiger partial charge in [0.25, 0.3) is 5.91 Å². The van der Waals surface area contributed by atoms with Crippen molar-refractivity contribution in [2.45, 2.75) is 62.9 Å². The van der Waals surface area contributed by atoms with Crippen molar-refractivity contribution >= 4 is 33.3 Å². The molecule has 26 heavy (non-hydrogen) atoms. The molecule has 0 heterocycles. The van der Waals surface area contributed by atoms with Gasteiger partial charge in [-0.15, -0.1) is 0 Å². The van der Waals surface area contributed by atoms with Crippen LogP contribution >= 0.6 is 12.2 Å². The molecule has 0 bridgehead atoms. The summed E-state index contributed by atoms with van der Waals surface area (Å²) in [6.07, 6.45) is 5.23. The quantitative estimate of drug-likeness (QED) is 0.431.